The van der Waals surface area contributed by atoms with Gasteiger partial charge in [0.05, 0.1) is 12.5 Å². The molecule has 0 aromatic heterocycles. The van der Waals surface area contributed by atoms with Gasteiger partial charge in [-0.15, -0.1) is 0 Å². The first-order valence-corrected chi connectivity index (χ1v) is 16.7. The van der Waals surface area contributed by atoms with E-state index in [2.05, 4.69) is 39.2 Å². The van der Waals surface area contributed by atoms with Gasteiger partial charge in [-0.2, -0.15) is 0 Å². The highest BCUT2D eigenvalue weighted by molar-refractivity contribution is 6.74. The number of primary amides is 1. The number of ether oxygens (including phenoxy) is 1. The van der Waals surface area contributed by atoms with E-state index in [4.69, 9.17) is 14.9 Å². The zero-order valence-corrected chi connectivity index (χ0v) is 25.2. The summed E-state index contributed by atoms with van der Waals surface area (Å²) in [4.78, 5) is 51.6. The van der Waals surface area contributed by atoms with Gasteiger partial charge in [-0.3, -0.25) is 9.59 Å². The van der Waals surface area contributed by atoms with Gasteiger partial charge < -0.3 is 30.2 Å². The first-order chi connectivity index (χ1) is 19.2. The van der Waals surface area contributed by atoms with Gasteiger partial charge in [0.25, 0.3) is 0 Å². The lowest BCUT2D eigenvalue weighted by atomic mass is 9.98. The van der Waals surface area contributed by atoms with Gasteiger partial charge in [-0.1, -0.05) is 69.3 Å². The molecular weight excluding hydrogens is 542 g/mol. The number of carboxylic acid groups (broad SMARTS) is 1. The van der Waals surface area contributed by atoms with Crippen molar-refractivity contribution >= 4 is 32.2 Å². The number of nitrogens with two attached hydrogens (primary N) is 1. The predicted octanol–water partition coefficient (Wildman–Crippen LogP) is 3.85. The van der Waals surface area contributed by atoms with Crippen molar-refractivity contribution in [2.45, 2.75) is 75.9 Å². The molecule has 41 heavy (non-hydrogen) atoms. The summed E-state index contributed by atoms with van der Waals surface area (Å²) in [5.74, 6) is -2.91. The minimum absolute atomic E-state index is 0.0151. The Morgan fingerprint density at radius 2 is 1.61 bits per heavy atom. The van der Waals surface area contributed by atoms with Crippen LogP contribution in [0.5, 0.6) is 0 Å². The number of nitrogens with zero attached hydrogens (tertiary/aromatic N) is 1. The number of carbonyl (C=O) groups excluding carboxylic acids is 3. The van der Waals surface area contributed by atoms with E-state index in [1.54, 1.807) is 0 Å². The number of hydrogen-bond donors (Lipinski definition) is 3. The molecule has 2 aliphatic rings. The Balaban J connectivity index is 1.46. The lowest BCUT2D eigenvalue weighted by Gasteiger charge is -2.38. The number of nitrogens with one attached hydrogen (secondary N) is 1. The maximum absolute atomic E-state index is 13.6. The van der Waals surface area contributed by atoms with Crippen LogP contribution in [0.3, 0.4) is 0 Å². The summed E-state index contributed by atoms with van der Waals surface area (Å²) in [7, 11) is -2.25. The van der Waals surface area contributed by atoms with Crippen molar-refractivity contribution in [3.05, 3.63) is 59.7 Å². The molecule has 1 heterocycles. The van der Waals surface area contributed by atoms with E-state index in [1.807, 2.05) is 48.5 Å². The summed E-state index contributed by atoms with van der Waals surface area (Å²) in [6.07, 6.45) is -1.77. The summed E-state index contributed by atoms with van der Waals surface area (Å²) >= 11 is 0. The first kappa shape index (κ1) is 30.3. The van der Waals surface area contributed by atoms with E-state index >= 15 is 0 Å². The highest BCUT2D eigenvalue weighted by Crippen LogP contribution is 2.44. The number of amides is 3. The standard InChI is InChI=1S/C30H39N3O7Si/c1-30(2,3)41(4,5)40-18-14-25(28(36)37)33(16-18)27(35)24(15-26(31)34)32-29(38)39-17-23-21-12-8-6-10-19(21)20-11-7-9-13-22(20)23/h6-13,18,23-25H,14-17H2,1-5H3,(H2,31,34)(H,32,38)(H,36,37)/t18?,24-,25?/m0/s1. The number of carboxylic acids is 1. The molecule has 2 aromatic carbocycles. The smallest absolute Gasteiger partial charge is 0.407 e. The maximum Gasteiger partial charge on any atom is 0.407 e. The molecule has 4 N–H and O–H groups in total. The zero-order chi connectivity index (χ0) is 30.1. The van der Waals surface area contributed by atoms with E-state index in [0.29, 0.717) is 0 Å². The van der Waals surface area contributed by atoms with Crippen LogP contribution in [-0.2, 0) is 23.5 Å². The summed E-state index contributed by atoms with van der Waals surface area (Å²) in [5.41, 5.74) is 9.60. The Morgan fingerprint density at radius 1 is 1.05 bits per heavy atom. The molecular formula is C30H39N3O7Si. The molecule has 0 radical (unpaired) electrons. The number of carbonyl (C=O) groups is 4. The Bertz CT molecular complexity index is 1290. The lowest BCUT2D eigenvalue weighted by Crippen LogP contribution is -2.53. The van der Waals surface area contributed by atoms with Gasteiger partial charge in [0.1, 0.15) is 18.7 Å². The van der Waals surface area contributed by atoms with Gasteiger partial charge in [0.2, 0.25) is 11.8 Å². The number of likely N-dealkylation sites (tertiary alicyclic amines) is 1. The summed E-state index contributed by atoms with van der Waals surface area (Å²) < 4.78 is 12.0. The summed E-state index contributed by atoms with van der Waals surface area (Å²) in [5, 5.41) is 12.2. The fraction of sp³-hybridized carbons (Fsp3) is 0.467. The molecule has 1 saturated heterocycles. The molecule has 1 aliphatic heterocycles. The molecule has 1 aliphatic carbocycles. The van der Waals surface area contributed by atoms with Crippen LogP contribution in [0.25, 0.3) is 11.1 Å². The monoisotopic (exact) mass is 581 g/mol. The molecule has 4 rings (SSSR count). The van der Waals surface area contributed by atoms with E-state index in [9.17, 15) is 24.3 Å². The zero-order valence-electron chi connectivity index (χ0n) is 24.2. The van der Waals surface area contributed by atoms with Crippen LogP contribution < -0.4 is 11.1 Å². The van der Waals surface area contributed by atoms with Crippen LogP contribution in [0.15, 0.2) is 48.5 Å². The van der Waals surface area contributed by atoms with Crippen LogP contribution >= 0.6 is 0 Å². The molecule has 3 atom stereocenters. The average molecular weight is 582 g/mol. The van der Waals surface area contributed by atoms with E-state index < -0.39 is 56.8 Å². The average Bonchev–Trinajstić information content (AvgIpc) is 3.45. The maximum atomic E-state index is 13.6. The number of alkyl carbamates (subject to hydrolysis) is 1. The number of aliphatic carboxylic acids is 1. The Morgan fingerprint density at radius 3 is 2.12 bits per heavy atom. The molecule has 0 saturated carbocycles. The van der Waals surface area contributed by atoms with Crippen molar-refractivity contribution in [3.8, 4) is 11.1 Å². The van der Waals surface area contributed by atoms with Gasteiger partial charge in [0.15, 0.2) is 8.32 Å². The van der Waals surface area contributed by atoms with Crippen LogP contribution in [0.2, 0.25) is 18.1 Å². The van der Waals surface area contributed by atoms with Crippen molar-refractivity contribution in [1.82, 2.24) is 10.2 Å². The van der Waals surface area contributed by atoms with E-state index in [-0.39, 0.29) is 30.5 Å². The van der Waals surface area contributed by atoms with Crippen LogP contribution in [0.1, 0.15) is 50.7 Å². The number of hydrogen-bond acceptors (Lipinski definition) is 6. The SMILES string of the molecule is CC(C)(C)[Si](C)(C)OC1CC(C(=O)O)N(C(=O)[C@H](CC(N)=O)NC(=O)OCC2c3ccccc3-c3ccccc32)C1. The Kier molecular flexibility index (Phi) is 8.60. The van der Waals surface area contributed by atoms with Crippen molar-refractivity contribution < 1.29 is 33.4 Å². The van der Waals surface area contributed by atoms with Crippen molar-refractivity contribution in [2.24, 2.45) is 5.73 Å². The van der Waals surface area contributed by atoms with Crippen LogP contribution in [0, 0.1) is 0 Å². The van der Waals surface area contributed by atoms with Gasteiger partial charge in [0, 0.05) is 18.9 Å². The topological polar surface area (TPSA) is 148 Å². The Labute approximate surface area is 241 Å². The molecule has 0 bridgehead atoms. The Hall–Kier alpha value is -3.70. The van der Waals surface area contributed by atoms with Gasteiger partial charge in [-0.25, -0.2) is 9.59 Å². The lowest BCUT2D eigenvalue weighted by molar-refractivity contribution is -0.149. The third-order valence-electron chi connectivity index (χ3n) is 8.44. The summed E-state index contributed by atoms with van der Waals surface area (Å²) in [6, 6.07) is 13.2. The minimum Gasteiger partial charge on any atom is -0.480 e. The fourth-order valence-corrected chi connectivity index (χ4v) is 6.70. The molecule has 2 aromatic rings. The highest BCUT2D eigenvalue weighted by Gasteiger charge is 2.47. The molecule has 220 valence electrons. The van der Waals surface area contributed by atoms with Crippen LogP contribution in [0.4, 0.5) is 4.79 Å². The largest absolute Gasteiger partial charge is 0.480 e. The molecule has 10 nitrogen and oxygen atoms in total. The number of benzene rings is 2. The van der Waals surface area contributed by atoms with Crippen LogP contribution in [-0.4, -0.2) is 73.5 Å². The fourth-order valence-electron chi connectivity index (χ4n) is 5.34. The molecule has 0 spiro atoms. The highest BCUT2D eigenvalue weighted by atomic mass is 28.4. The number of fused-ring (bicyclic) bond motifs is 3. The minimum atomic E-state index is -2.25. The van der Waals surface area contributed by atoms with Gasteiger partial charge in [-0.05, 0) is 40.4 Å². The first-order valence-electron chi connectivity index (χ1n) is 13.8. The molecule has 1 fully saturated rings. The van der Waals surface area contributed by atoms with Crippen molar-refractivity contribution in [1.29, 1.82) is 0 Å². The molecule has 3 amide bonds. The number of rotatable bonds is 9. The predicted molar refractivity (Wildman–Crippen MR) is 156 cm³/mol. The second kappa shape index (κ2) is 11.7. The van der Waals surface area contributed by atoms with Crippen molar-refractivity contribution in [3.63, 3.8) is 0 Å². The third-order valence-corrected chi connectivity index (χ3v) is 13.0. The van der Waals surface area contributed by atoms with E-state index in [0.717, 1.165) is 27.2 Å². The van der Waals surface area contributed by atoms with Crippen molar-refractivity contribution in [2.75, 3.05) is 13.2 Å². The molecule has 11 heteroatoms. The van der Waals surface area contributed by atoms with Gasteiger partial charge >= 0.3 is 12.1 Å². The second-order valence-electron chi connectivity index (χ2n) is 12.3. The summed E-state index contributed by atoms with van der Waals surface area (Å²) in [6.45, 7) is 10.4. The normalized spacial score (nSPS) is 19.3. The molecule has 2 unspecified atom stereocenters. The quantitative estimate of drug-likeness (QED) is 0.381. The third kappa shape index (κ3) is 6.46. The van der Waals surface area contributed by atoms with E-state index in [1.165, 1.54) is 0 Å². The second-order valence-corrected chi connectivity index (χ2v) is 17.0.